The smallest absolute Gasteiger partial charge is 0.306 e. The number of nitrogens with one attached hydrogen (secondary N) is 1. The van der Waals surface area contributed by atoms with Crippen LogP contribution in [0.2, 0.25) is 5.02 Å². The first-order valence-corrected chi connectivity index (χ1v) is 9.33. The molecule has 6 nitrogen and oxygen atoms in total. The number of carboxylic acids is 1. The van der Waals surface area contributed by atoms with E-state index in [-0.39, 0.29) is 6.42 Å². The van der Waals surface area contributed by atoms with Gasteiger partial charge in [-0.2, -0.15) is 0 Å². The number of benzene rings is 2. The normalized spacial score (nSPS) is 18.6. The molecule has 0 saturated carbocycles. The van der Waals surface area contributed by atoms with Gasteiger partial charge in [0.1, 0.15) is 17.2 Å². The van der Waals surface area contributed by atoms with E-state index in [0.717, 1.165) is 16.8 Å². The predicted molar refractivity (Wildman–Crippen MR) is 111 cm³/mol. The van der Waals surface area contributed by atoms with Gasteiger partial charge in [0, 0.05) is 21.8 Å². The molecule has 148 valence electrons. The number of carbonyl (C=O) groups is 1. The van der Waals surface area contributed by atoms with Gasteiger partial charge in [-0.3, -0.25) is 4.79 Å². The summed E-state index contributed by atoms with van der Waals surface area (Å²) in [6.07, 6.45) is -1.75. The van der Waals surface area contributed by atoms with E-state index in [2.05, 4.69) is 5.32 Å². The van der Waals surface area contributed by atoms with Crippen molar-refractivity contribution < 1.29 is 24.1 Å². The van der Waals surface area contributed by atoms with Crippen LogP contribution in [0.15, 0.2) is 30.3 Å². The van der Waals surface area contributed by atoms with Crippen LogP contribution in [0.1, 0.15) is 29.2 Å². The number of methoxy groups -OCH3 is 2. The minimum Gasteiger partial charge on any atom is -0.493 e. The number of fused-ring (bicyclic) bond motifs is 1. The van der Waals surface area contributed by atoms with E-state index in [9.17, 15) is 9.90 Å². The van der Waals surface area contributed by atoms with Crippen molar-refractivity contribution in [1.29, 1.82) is 0 Å². The summed E-state index contributed by atoms with van der Waals surface area (Å²) in [5.41, 5.74) is 3.00. The minimum atomic E-state index is -1.01. The number of anilines is 1. The maximum Gasteiger partial charge on any atom is 0.306 e. The highest BCUT2D eigenvalue weighted by atomic mass is 35.5. The average molecular weight is 422 g/mol. The molecule has 2 atom stereocenters. The van der Waals surface area contributed by atoms with E-state index < -0.39 is 18.2 Å². The Bertz CT molecular complexity index is 933. The molecule has 1 aliphatic heterocycles. The lowest BCUT2D eigenvalue weighted by Gasteiger charge is -2.24. The number of aliphatic carboxylic acids is 1. The Kier molecular flexibility index (Phi) is 6.07. The summed E-state index contributed by atoms with van der Waals surface area (Å²) in [7, 11) is 3.09. The molecule has 0 aliphatic carbocycles. The summed E-state index contributed by atoms with van der Waals surface area (Å²) in [6.45, 7) is 1.88. The molecule has 2 aromatic rings. The number of thiocarbonyl (C=S) groups is 1. The lowest BCUT2D eigenvalue weighted by molar-refractivity contribution is -0.139. The van der Waals surface area contributed by atoms with Gasteiger partial charge in [-0.15, -0.1) is 0 Å². The van der Waals surface area contributed by atoms with Gasteiger partial charge in [-0.25, -0.2) is 0 Å². The molecule has 0 amide bonds. The van der Waals surface area contributed by atoms with E-state index in [0.29, 0.717) is 27.1 Å². The topological polar surface area (TPSA) is 77.0 Å². The zero-order valence-electron chi connectivity index (χ0n) is 15.6. The Balaban J connectivity index is 2.21. The second-order valence-electron chi connectivity index (χ2n) is 6.36. The van der Waals surface area contributed by atoms with Gasteiger partial charge >= 0.3 is 5.97 Å². The molecule has 0 fully saturated rings. The zero-order chi connectivity index (χ0) is 20.4. The first-order chi connectivity index (χ1) is 13.3. The fraction of sp³-hybridized carbons (Fsp3) is 0.300. The Morgan fingerprint density at radius 2 is 2.04 bits per heavy atom. The fourth-order valence-corrected chi connectivity index (χ4v) is 3.61. The van der Waals surface area contributed by atoms with Crippen LogP contribution < -0.4 is 14.8 Å². The Morgan fingerprint density at radius 3 is 2.68 bits per heavy atom. The fourth-order valence-electron chi connectivity index (χ4n) is 3.19. The molecule has 2 unspecified atom stereocenters. The summed E-state index contributed by atoms with van der Waals surface area (Å²) in [4.78, 5) is 11.6. The van der Waals surface area contributed by atoms with Crippen LogP contribution in [0.3, 0.4) is 0 Å². The number of hydrogen-bond acceptors (Lipinski definition) is 5. The van der Waals surface area contributed by atoms with Crippen molar-refractivity contribution in [2.45, 2.75) is 25.6 Å². The minimum absolute atomic E-state index is 0.269. The summed E-state index contributed by atoms with van der Waals surface area (Å²) >= 11 is 11.8. The van der Waals surface area contributed by atoms with Gasteiger partial charge in [0.25, 0.3) is 0 Å². The lowest BCUT2D eigenvalue weighted by atomic mass is 9.97. The zero-order valence-corrected chi connectivity index (χ0v) is 17.2. The predicted octanol–water partition coefficient (Wildman–Crippen LogP) is 4.37. The third-order valence-corrected chi connectivity index (χ3v) is 5.31. The van der Waals surface area contributed by atoms with Gasteiger partial charge in [0.15, 0.2) is 11.5 Å². The molecular formula is C20H20ClNO5S. The van der Waals surface area contributed by atoms with Crippen LogP contribution >= 0.6 is 23.8 Å². The van der Waals surface area contributed by atoms with Crippen LogP contribution in [0.4, 0.5) is 5.69 Å². The molecule has 0 saturated heterocycles. The first kappa shape index (κ1) is 20.4. The van der Waals surface area contributed by atoms with E-state index in [4.69, 9.17) is 38.0 Å². The summed E-state index contributed by atoms with van der Waals surface area (Å²) in [6, 6.07) is 9.11. The average Bonchev–Trinajstić information content (AvgIpc) is 2.78. The van der Waals surface area contributed by atoms with Crippen molar-refractivity contribution in [2.75, 3.05) is 19.5 Å². The molecular weight excluding hydrogens is 402 g/mol. The molecule has 0 spiro atoms. The lowest BCUT2D eigenvalue weighted by Crippen LogP contribution is -2.30. The molecule has 0 bridgehead atoms. The first-order valence-electron chi connectivity index (χ1n) is 8.54. The highest BCUT2D eigenvalue weighted by molar-refractivity contribution is 7.80. The second kappa shape index (κ2) is 8.34. The van der Waals surface area contributed by atoms with Crippen LogP contribution in [0, 0.1) is 6.92 Å². The third kappa shape index (κ3) is 3.92. The number of halogens is 1. The van der Waals surface area contributed by atoms with Crippen molar-refractivity contribution >= 4 is 40.5 Å². The van der Waals surface area contributed by atoms with E-state index in [1.165, 1.54) is 0 Å². The van der Waals surface area contributed by atoms with Gasteiger partial charge in [0.05, 0.1) is 20.6 Å². The van der Waals surface area contributed by atoms with Crippen molar-refractivity contribution in [2.24, 2.45) is 0 Å². The third-order valence-electron chi connectivity index (χ3n) is 4.54. The Morgan fingerprint density at radius 1 is 1.29 bits per heavy atom. The van der Waals surface area contributed by atoms with Crippen molar-refractivity contribution in [3.8, 4) is 11.5 Å². The largest absolute Gasteiger partial charge is 0.493 e. The van der Waals surface area contributed by atoms with Gasteiger partial charge < -0.3 is 24.6 Å². The number of rotatable bonds is 5. The van der Waals surface area contributed by atoms with Crippen LogP contribution in [0.25, 0.3) is 0 Å². The number of aryl methyl sites for hydroxylation is 1. The maximum absolute atomic E-state index is 11.3. The number of hydrogen-bond donors (Lipinski definition) is 2. The molecule has 8 heteroatoms. The highest BCUT2D eigenvalue weighted by Crippen LogP contribution is 2.44. The summed E-state index contributed by atoms with van der Waals surface area (Å²) < 4.78 is 17.2. The standard InChI is InChI=1S/C20H20ClNO5S/c1-10-7-14-12(8-13(10)21)18(27-16(9-17(23)24)20(28)22-14)11-5-4-6-15(25-2)19(11)26-3/h4-8,16,18H,9H2,1-3H3,(H,22,28)(H,23,24). The van der Waals surface area contributed by atoms with Crippen molar-refractivity contribution in [3.05, 3.63) is 52.0 Å². The SMILES string of the molecule is COc1cccc(C2OC(CC(=O)O)C(=S)Nc3cc(C)c(Cl)cc32)c1OC. The molecule has 0 aromatic heterocycles. The maximum atomic E-state index is 11.3. The monoisotopic (exact) mass is 421 g/mol. The molecule has 2 aromatic carbocycles. The van der Waals surface area contributed by atoms with Gasteiger partial charge in [0.2, 0.25) is 0 Å². The Hall–Kier alpha value is -2.35. The molecule has 0 radical (unpaired) electrons. The molecule has 1 aliphatic rings. The quantitative estimate of drug-likeness (QED) is 0.694. The van der Waals surface area contributed by atoms with Crippen LogP contribution in [-0.4, -0.2) is 36.4 Å². The van der Waals surface area contributed by atoms with E-state index >= 15 is 0 Å². The van der Waals surface area contributed by atoms with Crippen LogP contribution in [-0.2, 0) is 9.53 Å². The number of carboxylic acid groups (broad SMARTS) is 1. The van der Waals surface area contributed by atoms with Crippen molar-refractivity contribution in [1.82, 2.24) is 0 Å². The van der Waals surface area contributed by atoms with E-state index in [1.807, 2.05) is 25.1 Å². The Labute approximate surface area is 173 Å². The molecule has 1 heterocycles. The molecule has 3 rings (SSSR count). The summed E-state index contributed by atoms with van der Waals surface area (Å²) in [5.74, 6) is 0.0307. The highest BCUT2D eigenvalue weighted by Gasteiger charge is 2.33. The summed E-state index contributed by atoms with van der Waals surface area (Å²) in [5, 5.41) is 13.0. The van der Waals surface area contributed by atoms with Gasteiger partial charge in [-0.05, 0) is 30.7 Å². The number of ether oxygens (including phenoxy) is 3. The van der Waals surface area contributed by atoms with Gasteiger partial charge in [-0.1, -0.05) is 36.0 Å². The van der Waals surface area contributed by atoms with Crippen LogP contribution in [0.5, 0.6) is 11.5 Å². The number of para-hydroxylation sites is 1. The van der Waals surface area contributed by atoms with Crippen molar-refractivity contribution in [3.63, 3.8) is 0 Å². The second-order valence-corrected chi connectivity index (χ2v) is 7.21. The molecule has 2 N–H and O–H groups in total. The molecule has 28 heavy (non-hydrogen) atoms. The van der Waals surface area contributed by atoms with E-state index in [1.54, 1.807) is 26.4 Å².